The normalized spacial score (nSPS) is 20.8. The van der Waals surface area contributed by atoms with Crippen molar-refractivity contribution in [1.29, 1.82) is 0 Å². The minimum absolute atomic E-state index is 0.138. The van der Waals surface area contributed by atoms with E-state index < -0.39 is 0 Å². The second-order valence-electron chi connectivity index (χ2n) is 7.55. The molecule has 1 aliphatic rings. The van der Waals surface area contributed by atoms with E-state index >= 15 is 0 Å². The molecule has 4 nitrogen and oxygen atoms in total. The third-order valence-corrected chi connectivity index (χ3v) is 5.22. The van der Waals surface area contributed by atoms with E-state index in [4.69, 9.17) is 9.47 Å². The standard InChI is InChI=1S/C24H32O4/c1-4-23(25)28-16-8-6-5-7-15-27-21-13-11-20(12-14-21)17-22-18(2)9-10-19(3)24(22)26/h4,11-14,17-19H,1,5-10,15-16H2,2-3H3/b22-17+. The third kappa shape index (κ3) is 6.99. The predicted molar refractivity (Wildman–Crippen MR) is 112 cm³/mol. The van der Waals surface area contributed by atoms with Gasteiger partial charge < -0.3 is 9.47 Å². The average Bonchev–Trinajstić information content (AvgIpc) is 2.71. The molecule has 0 aliphatic heterocycles. The number of benzene rings is 1. The van der Waals surface area contributed by atoms with Crippen molar-refractivity contribution in [2.45, 2.75) is 52.4 Å². The molecule has 1 fully saturated rings. The van der Waals surface area contributed by atoms with Crippen molar-refractivity contribution in [3.8, 4) is 5.75 Å². The van der Waals surface area contributed by atoms with E-state index in [9.17, 15) is 9.59 Å². The Bertz CT molecular complexity index is 687. The summed E-state index contributed by atoms with van der Waals surface area (Å²) in [6.45, 7) is 8.63. The first-order valence-corrected chi connectivity index (χ1v) is 10.3. The van der Waals surface area contributed by atoms with Gasteiger partial charge in [-0.2, -0.15) is 0 Å². The second kappa shape index (κ2) is 11.5. The molecule has 0 saturated heterocycles. The molecule has 1 aromatic rings. The average molecular weight is 385 g/mol. The van der Waals surface area contributed by atoms with Crippen LogP contribution in [0.4, 0.5) is 0 Å². The summed E-state index contributed by atoms with van der Waals surface area (Å²) in [5, 5.41) is 0. The largest absolute Gasteiger partial charge is 0.494 e. The summed E-state index contributed by atoms with van der Waals surface area (Å²) in [4.78, 5) is 23.3. The Hall–Kier alpha value is -2.36. The first-order valence-electron chi connectivity index (χ1n) is 10.3. The van der Waals surface area contributed by atoms with E-state index in [-0.39, 0.29) is 11.9 Å². The zero-order valence-corrected chi connectivity index (χ0v) is 17.1. The molecule has 0 spiro atoms. The highest BCUT2D eigenvalue weighted by atomic mass is 16.5. The summed E-state index contributed by atoms with van der Waals surface area (Å²) >= 11 is 0. The number of hydrogen-bond acceptors (Lipinski definition) is 4. The van der Waals surface area contributed by atoms with Gasteiger partial charge in [0, 0.05) is 12.0 Å². The van der Waals surface area contributed by atoms with Gasteiger partial charge in [0.15, 0.2) is 5.78 Å². The predicted octanol–water partition coefficient (Wildman–Crippen LogP) is 5.37. The van der Waals surface area contributed by atoms with E-state index in [1.165, 1.54) is 6.08 Å². The van der Waals surface area contributed by atoms with Crippen molar-refractivity contribution in [2.24, 2.45) is 11.8 Å². The lowest BCUT2D eigenvalue weighted by atomic mass is 9.78. The van der Waals surface area contributed by atoms with Gasteiger partial charge in [-0.15, -0.1) is 0 Å². The van der Waals surface area contributed by atoms with Crippen LogP contribution in [-0.4, -0.2) is 25.0 Å². The minimum atomic E-state index is -0.362. The molecule has 28 heavy (non-hydrogen) atoms. The fraction of sp³-hybridized carbons (Fsp3) is 0.500. The number of ketones is 1. The number of rotatable bonds is 10. The maximum atomic E-state index is 12.4. The fourth-order valence-electron chi connectivity index (χ4n) is 3.35. The van der Waals surface area contributed by atoms with Crippen LogP contribution in [0.3, 0.4) is 0 Å². The van der Waals surface area contributed by atoms with Crippen LogP contribution in [-0.2, 0) is 14.3 Å². The van der Waals surface area contributed by atoms with Crippen molar-refractivity contribution in [3.05, 3.63) is 48.1 Å². The highest BCUT2D eigenvalue weighted by Gasteiger charge is 2.27. The van der Waals surface area contributed by atoms with Crippen LogP contribution >= 0.6 is 0 Å². The summed E-state index contributed by atoms with van der Waals surface area (Å²) in [6.07, 6.45) is 9.15. The van der Waals surface area contributed by atoms with Gasteiger partial charge in [-0.25, -0.2) is 4.79 Å². The molecule has 2 atom stereocenters. The van der Waals surface area contributed by atoms with Gasteiger partial charge >= 0.3 is 5.97 Å². The molecule has 1 aliphatic carbocycles. The Morgan fingerprint density at radius 2 is 1.68 bits per heavy atom. The number of Topliss-reactive ketones (excluding diaryl/α,β-unsaturated/α-hetero) is 1. The molecule has 152 valence electrons. The fourth-order valence-corrected chi connectivity index (χ4v) is 3.35. The Kier molecular flexibility index (Phi) is 8.99. The molecule has 0 amide bonds. The summed E-state index contributed by atoms with van der Waals surface area (Å²) in [5.74, 6) is 1.25. The lowest BCUT2D eigenvalue weighted by molar-refractivity contribution is -0.137. The molecule has 0 heterocycles. The second-order valence-corrected chi connectivity index (χ2v) is 7.55. The summed E-state index contributed by atoms with van der Waals surface area (Å²) in [5.41, 5.74) is 2.00. The van der Waals surface area contributed by atoms with Gasteiger partial charge in [-0.05, 0) is 73.8 Å². The molecule has 0 aromatic heterocycles. The molecule has 0 N–H and O–H groups in total. The Balaban J connectivity index is 1.70. The number of hydrogen-bond donors (Lipinski definition) is 0. The molecule has 1 aromatic carbocycles. The minimum Gasteiger partial charge on any atom is -0.494 e. The lowest BCUT2D eigenvalue weighted by Gasteiger charge is -2.25. The van der Waals surface area contributed by atoms with Crippen molar-refractivity contribution < 1.29 is 19.1 Å². The van der Waals surface area contributed by atoms with Crippen molar-refractivity contribution >= 4 is 17.8 Å². The lowest BCUT2D eigenvalue weighted by Crippen LogP contribution is -2.24. The number of esters is 1. The first-order chi connectivity index (χ1) is 13.5. The highest BCUT2D eigenvalue weighted by molar-refractivity contribution is 6.02. The number of allylic oxidation sites excluding steroid dienone is 1. The first kappa shape index (κ1) is 21.9. The molecule has 2 rings (SSSR count). The van der Waals surface area contributed by atoms with Gasteiger partial charge in [0.2, 0.25) is 0 Å². The summed E-state index contributed by atoms with van der Waals surface area (Å²) in [6, 6.07) is 7.94. The van der Waals surface area contributed by atoms with E-state index in [0.717, 1.165) is 55.4 Å². The Labute approximate surface area is 168 Å². The molecule has 0 radical (unpaired) electrons. The summed E-state index contributed by atoms with van der Waals surface area (Å²) < 4.78 is 10.7. The Morgan fingerprint density at radius 1 is 1.04 bits per heavy atom. The maximum absolute atomic E-state index is 12.4. The molecule has 0 bridgehead atoms. The smallest absolute Gasteiger partial charge is 0.330 e. The van der Waals surface area contributed by atoms with Crippen LogP contribution in [0.1, 0.15) is 57.9 Å². The molecule has 1 saturated carbocycles. The highest BCUT2D eigenvalue weighted by Crippen LogP contribution is 2.31. The van der Waals surface area contributed by atoms with Gasteiger partial charge in [0.1, 0.15) is 5.75 Å². The van der Waals surface area contributed by atoms with Crippen LogP contribution in [0.15, 0.2) is 42.5 Å². The number of unbranched alkanes of at least 4 members (excludes halogenated alkanes) is 3. The molecular formula is C24H32O4. The van der Waals surface area contributed by atoms with Crippen molar-refractivity contribution in [2.75, 3.05) is 13.2 Å². The van der Waals surface area contributed by atoms with Gasteiger partial charge in [0.25, 0.3) is 0 Å². The number of carbonyl (C=O) groups is 2. The van der Waals surface area contributed by atoms with Gasteiger partial charge in [-0.3, -0.25) is 4.79 Å². The zero-order chi connectivity index (χ0) is 20.4. The van der Waals surface area contributed by atoms with E-state index in [0.29, 0.717) is 24.9 Å². The molecule has 4 heteroatoms. The van der Waals surface area contributed by atoms with E-state index in [2.05, 4.69) is 13.5 Å². The topological polar surface area (TPSA) is 52.6 Å². The molecule has 2 unspecified atom stereocenters. The maximum Gasteiger partial charge on any atom is 0.330 e. The van der Waals surface area contributed by atoms with E-state index in [1.54, 1.807) is 0 Å². The SMILES string of the molecule is C=CC(=O)OCCCCCCOc1ccc(/C=C2/C(=O)C(C)CCC2C)cc1. The summed E-state index contributed by atoms with van der Waals surface area (Å²) in [7, 11) is 0. The van der Waals surface area contributed by atoms with Crippen molar-refractivity contribution in [1.82, 2.24) is 0 Å². The number of carbonyl (C=O) groups excluding carboxylic acids is 2. The van der Waals surface area contributed by atoms with Crippen LogP contribution < -0.4 is 4.74 Å². The molecular weight excluding hydrogens is 352 g/mol. The van der Waals surface area contributed by atoms with Crippen molar-refractivity contribution in [3.63, 3.8) is 0 Å². The third-order valence-electron chi connectivity index (χ3n) is 5.22. The van der Waals surface area contributed by atoms with Crippen LogP contribution in [0.5, 0.6) is 5.75 Å². The number of ether oxygens (including phenoxy) is 2. The zero-order valence-electron chi connectivity index (χ0n) is 17.1. The van der Waals surface area contributed by atoms with Gasteiger partial charge in [-0.1, -0.05) is 32.6 Å². The van der Waals surface area contributed by atoms with Crippen LogP contribution in [0.2, 0.25) is 0 Å². The quantitative estimate of drug-likeness (QED) is 0.309. The van der Waals surface area contributed by atoms with E-state index in [1.807, 2.05) is 37.3 Å². The van der Waals surface area contributed by atoms with Crippen LogP contribution in [0, 0.1) is 11.8 Å². The van der Waals surface area contributed by atoms with Crippen LogP contribution in [0.25, 0.3) is 6.08 Å². The van der Waals surface area contributed by atoms with Gasteiger partial charge in [0.05, 0.1) is 13.2 Å². The Morgan fingerprint density at radius 3 is 2.36 bits per heavy atom. The monoisotopic (exact) mass is 384 g/mol.